The van der Waals surface area contributed by atoms with Crippen molar-refractivity contribution in [1.82, 2.24) is 14.7 Å². The number of nitrogens with zero attached hydrogens (tertiary/aromatic N) is 3. The molecule has 3 aliphatic rings. The molecule has 0 aromatic heterocycles. The first-order chi connectivity index (χ1) is 15.9. The van der Waals surface area contributed by atoms with Gasteiger partial charge in [0.05, 0.1) is 18.6 Å². The van der Waals surface area contributed by atoms with Crippen LogP contribution in [-0.2, 0) is 14.3 Å². The molecular weight excluding hydrogens is 422 g/mol. The molecule has 3 fully saturated rings. The lowest BCUT2D eigenvalue weighted by atomic mass is 9.92. The molecule has 188 valence electrons. The van der Waals surface area contributed by atoms with E-state index in [-0.39, 0.29) is 30.4 Å². The van der Waals surface area contributed by atoms with Gasteiger partial charge >= 0.3 is 5.97 Å². The molecule has 0 spiro atoms. The molecule has 0 unspecified atom stereocenters. The Kier molecular flexibility index (Phi) is 9.79. The number of carbonyl (C=O) groups is 2. The van der Waals surface area contributed by atoms with E-state index in [1.54, 1.807) is 0 Å². The Labute approximate surface area is 198 Å². The molecule has 0 aromatic carbocycles. The summed E-state index contributed by atoms with van der Waals surface area (Å²) in [7, 11) is 1.94. The van der Waals surface area contributed by atoms with Crippen LogP contribution < -0.4 is 5.73 Å². The van der Waals surface area contributed by atoms with Crippen LogP contribution in [0.4, 0.5) is 0 Å². The second kappa shape index (κ2) is 12.6. The molecule has 1 amide bonds. The second-order valence-corrected chi connectivity index (χ2v) is 9.98. The number of carboxylic acids is 1. The number of rotatable bonds is 9. The first kappa shape index (κ1) is 25.7. The Morgan fingerprint density at radius 1 is 1.06 bits per heavy atom. The van der Waals surface area contributed by atoms with Gasteiger partial charge in [-0.1, -0.05) is 19.3 Å². The van der Waals surface area contributed by atoms with Gasteiger partial charge in [0, 0.05) is 38.3 Å². The lowest BCUT2D eigenvalue weighted by Gasteiger charge is -2.42. The van der Waals surface area contributed by atoms with E-state index in [4.69, 9.17) is 15.9 Å². The molecule has 0 aromatic rings. The van der Waals surface area contributed by atoms with Crippen molar-refractivity contribution < 1.29 is 19.4 Å². The summed E-state index contributed by atoms with van der Waals surface area (Å²) in [4.78, 5) is 31.2. The Morgan fingerprint density at radius 3 is 2.36 bits per heavy atom. The highest BCUT2D eigenvalue weighted by Crippen LogP contribution is 2.27. The summed E-state index contributed by atoms with van der Waals surface area (Å²) in [5.41, 5.74) is 5.57. The molecule has 9 heteroatoms. The molecule has 4 N–H and O–H groups in total. The van der Waals surface area contributed by atoms with Crippen LogP contribution >= 0.6 is 0 Å². The number of hydrogen-bond donors (Lipinski definition) is 3. The van der Waals surface area contributed by atoms with Crippen molar-refractivity contribution in [3.63, 3.8) is 0 Å². The van der Waals surface area contributed by atoms with E-state index in [0.29, 0.717) is 19.2 Å². The van der Waals surface area contributed by atoms with E-state index < -0.39 is 12.0 Å². The van der Waals surface area contributed by atoms with Crippen molar-refractivity contribution in [3.8, 4) is 0 Å². The smallest absolute Gasteiger partial charge is 0.305 e. The zero-order chi connectivity index (χ0) is 23.8. The molecule has 1 aliphatic carbocycles. The van der Waals surface area contributed by atoms with Gasteiger partial charge in [0.1, 0.15) is 0 Å². The quantitative estimate of drug-likeness (QED) is 0.352. The minimum Gasteiger partial charge on any atom is -0.481 e. The molecule has 0 radical (unpaired) electrons. The maximum atomic E-state index is 13.6. The van der Waals surface area contributed by atoms with Gasteiger partial charge in [0.15, 0.2) is 5.96 Å². The predicted molar refractivity (Wildman–Crippen MR) is 127 cm³/mol. The van der Waals surface area contributed by atoms with Crippen molar-refractivity contribution in [2.24, 2.45) is 5.73 Å². The van der Waals surface area contributed by atoms with Gasteiger partial charge in [0.2, 0.25) is 5.91 Å². The number of nitrogens with one attached hydrogen (secondary N) is 1. The highest BCUT2D eigenvalue weighted by atomic mass is 16.5. The van der Waals surface area contributed by atoms with E-state index in [2.05, 4.69) is 4.90 Å². The summed E-state index contributed by atoms with van der Waals surface area (Å²) in [5.74, 6) is -0.811. The molecule has 9 nitrogen and oxygen atoms in total. The molecule has 3 rings (SSSR count). The zero-order valence-corrected chi connectivity index (χ0v) is 20.2. The third-order valence-electron chi connectivity index (χ3n) is 7.79. The Bertz CT molecular complexity index is 661. The average Bonchev–Trinajstić information content (AvgIpc) is 2.83. The molecule has 0 bridgehead atoms. The second-order valence-electron chi connectivity index (χ2n) is 9.98. The van der Waals surface area contributed by atoms with Crippen LogP contribution in [0.15, 0.2) is 0 Å². The molecule has 2 atom stereocenters. The number of carbonyl (C=O) groups excluding carboxylic acids is 1. The van der Waals surface area contributed by atoms with Gasteiger partial charge in [0.25, 0.3) is 0 Å². The third-order valence-corrected chi connectivity index (χ3v) is 7.79. The van der Waals surface area contributed by atoms with E-state index in [0.717, 1.165) is 77.3 Å². The number of hydrogen-bond acceptors (Lipinski definition) is 5. The van der Waals surface area contributed by atoms with E-state index in [9.17, 15) is 14.7 Å². The Morgan fingerprint density at radius 2 is 1.73 bits per heavy atom. The first-order valence-electron chi connectivity index (χ1n) is 12.8. The maximum absolute atomic E-state index is 13.6. The number of nitrogens with two attached hydrogens (primary N) is 1. The van der Waals surface area contributed by atoms with Crippen LogP contribution in [0, 0.1) is 5.41 Å². The van der Waals surface area contributed by atoms with Crippen LogP contribution in [0.25, 0.3) is 0 Å². The van der Waals surface area contributed by atoms with Gasteiger partial charge in [-0.15, -0.1) is 0 Å². The van der Waals surface area contributed by atoms with Crippen LogP contribution in [-0.4, -0.2) is 95.2 Å². The number of amides is 1. The Hall–Kier alpha value is -1.87. The van der Waals surface area contributed by atoms with Crippen molar-refractivity contribution >= 4 is 17.8 Å². The fourth-order valence-electron chi connectivity index (χ4n) is 5.73. The largest absolute Gasteiger partial charge is 0.481 e. The average molecular weight is 466 g/mol. The van der Waals surface area contributed by atoms with Gasteiger partial charge < -0.3 is 25.4 Å². The normalized spacial score (nSPS) is 24.1. The molecule has 1 saturated carbocycles. The number of ether oxygens (including phenoxy) is 1. The number of likely N-dealkylation sites (N-methyl/N-ethyl adjacent to an activating group) is 1. The predicted octanol–water partition coefficient (Wildman–Crippen LogP) is 2.24. The SMILES string of the molecule is CN(C1CCCCC1)[C@@H](CC(=O)O)C(=O)N1CCCC[C@@H]1CCOC1CCN(C(=N)N)CC1. The van der Waals surface area contributed by atoms with Gasteiger partial charge in [-0.3, -0.25) is 19.9 Å². The molecule has 2 saturated heterocycles. The summed E-state index contributed by atoms with van der Waals surface area (Å²) in [5, 5.41) is 17.1. The van der Waals surface area contributed by atoms with Crippen molar-refractivity contribution in [3.05, 3.63) is 0 Å². The summed E-state index contributed by atoms with van der Waals surface area (Å²) >= 11 is 0. The number of carboxylic acid groups (broad SMARTS) is 1. The van der Waals surface area contributed by atoms with Gasteiger partial charge in [-0.25, -0.2) is 0 Å². The molecule has 33 heavy (non-hydrogen) atoms. The highest BCUT2D eigenvalue weighted by Gasteiger charge is 2.37. The maximum Gasteiger partial charge on any atom is 0.305 e. The number of likely N-dealkylation sites (tertiary alicyclic amines) is 2. The number of guanidine groups is 1. The topological polar surface area (TPSA) is 123 Å². The van der Waals surface area contributed by atoms with Gasteiger partial charge in [-0.2, -0.15) is 0 Å². The Balaban J connectivity index is 1.55. The van der Waals surface area contributed by atoms with Crippen LogP contribution in [0.3, 0.4) is 0 Å². The standard InChI is InChI=1S/C24H43N5O4/c1-27(18-7-3-2-4-8-18)21(17-22(30)31)23(32)29-13-6-5-9-19(29)12-16-33-20-10-14-28(15-11-20)24(25)26/h18-21H,2-17H2,1H3,(H3,25,26)(H,30,31)/t19-,21+/m1/s1. The van der Waals surface area contributed by atoms with E-state index in [1.165, 1.54) is 6.42 Å². The summed E-state index contributed by atoms with van der Waals surface area (Å²) in [6.07, 6.45) is 11.2. The highest BCUT2D eigenvalue weighted by molar-refractivity contribution is 5.86. The minimum atomic E-state index is -0.912. The van der Waals surface area contributed by atoms with Gasteiger partial charge in [-0.05, 0) is 58.4 Å². The van der Waals surface area contributed by atoms with Crippen molar-refractivity contribution in [1.29, 1.82) is 5.41 Å². The van der Waals surface area contributed by atoms with E-state index >= 15 is 0 Å². The zero-order valence-electron chi connectivity index (χ0n) is 20.2. The summed E-state index contributed by atoms with van der Waals surface area (Å²) < 4.78 is 6.13. The lowest BCUT2D eigenvalue weighted by Crippen LogP contribution is -2.55. The fourth-order valence-corrected chi connectivity index (χ4v) is 5.73. The minimum absolute atomic E-state index is 0.0232. The van der Waals surface area contributed by atoms with Crippen LogP contribution in [0.5, 0.6) is 0 Å². The lowest BCUT2D eigenvalue weighted by molar-refractivity contribution is -0.149. The van der Waals surface area contributed by atoms with E-state index in [1.807, 2.05) is 16.8 Å². The summed E-state index contributed by atoms with van der Waals surface area (Å²) in [6, 6.07) is -0.192. The van der Waals surface area contributed by atoms with Crippen molar-refractivity contribution in [2.75, 3.05) is 33.3 Å². The first-order valence-corrected chi connectivity index (χ1v) is 12.8. The number of piperidine rings is 2. The summed E-state index contributed by atoms with van der Waals surface area (Å²) in [6.45, 7) is 2.80. The van der Waals surface area contributed by atoms with Crippen molar-refractivity contribution in [2.45, 2.75) is 101 Å². The van der Waals surface area contributed by atoms with Crippen LogP contribution in [0.2, 0.25) is 0 Å². The fraction of sp³-hybridized carbons (Fsp3) is 0.875. The molecular formula is C24H43N5O4. The number of aliphatic carboxylic acids is 1. The third kappa shape index (κ3) is 7.30. The molecule has 2 heterocycles. The molecule has 2 aliphatic heterocycles. The monoisotopic (exact) mass is 465 g/mol. The van der Waals surface area contributed by atoms with Crippen LogP contribution in [0.1, 0.15) is 77.0 Å².